The van der Waals surface area contributed by atoms with E-state index < -0.39 is 12.1 Å². The molecule has 0 aliphatic heterocycles. The fourth-order valence-electron chi connectivity index (χ4n) is 2.45. The van der Waals surface area contributed by atoms with E-state index in [0.29, 0.717) is 16.7 Å². The van der Waals surface area contributed by atoms with Crippen molar-refractivity contribution in [3.8, 4) is 0 Å². The molecular weight excluding hydrogens is 351 g/mol. The molecule has 2 rings (SSSR count). The maximum atomic E-state index is 13.4. The SMILES string of the molecule is CNC(=O)c1ccc(/C=C/C(c2cc(C)cc(Cl)c2)C(F)(F)F)cc1. The van der Waals surface area contributed by atoms with Crippen LogP contribution in [0, 0.1) is 6.92 Å². The highest BCUT2D eigenvalue weighted by Crippen LogP contribution is 2.37. The second-order valence-electron chi connectivity index (χ2n) is 5.64. The smallest absolute Gasteiger partial charge is 0.355 e. The molecule has 0 aliphatic carbocycles. The van der Waals surface area contributed by atoms with E-state index in [9.17, 15) is 18.0 Å². The Kier molecular flexibility index (Phi) is 5.90. The summed E-state index contributed by atoms with van der Waals surface area (Å²) in [5.41, 5.74) is 1.77. The van der Waals surface area contributed by atoms with E-state index in [2.05, 4.69) is 5.32 Å². The lowest BCUT2D eigenvalue weighted by Gasteiger charge is -2.18. The van der Waals surface area contributed by atoms with Crippen molar-refractivity contribution >= 4 is 23.6 Å². The van der Waals surface area contributed by atoms with Crippen LogP contribution in [0.3, 0.4) is 0 Å². The number of rotatable bonds is 4. The number of carbonyl (C=O) groups excluding carboxylic acids is 1. The highest BCUT2D eigenvalue weighted by molar-refractivity contribution is 6.30. The quantitative estimate of drug-likeness (QED) is 0.773. The third kappa shape index (κ3) is 5.10. The Bertz CT molecular complexity index is 762. The molecule has 6 heteroatoms. The Balaban J connectivity index is 2.31. The molecule has 0 radical (unpaired) electrons. The van der Waals surface area contributed by atoms with Crippen molar-refractivity contribution < 1.29 is 18.0 Å². The molecule has 0 fully saturated rings. The van der Waals surface area contributed by atoms with Gasteiger partial charge in [0.1, 0.15) is 0 Å². The topological polar surface area (TPSA) is 29.1 Å². The number of nitrogens with one attached hydrogen (secondary N) is 1. The van der Waals surface area contributed by atoms with Crippen molar-refractivity contribution in [2.45, 2.75) is 19.0 Å². The first-order valence-electron chi connectivity index (χ1n) is 7.55. The average Bonchev–Trinajstić information content (AvgIpc) is 2.52. The van der Waals surface area contributed by atoms with Gasteiger partial charge in [0.25, 0.3) is 5.91 Å². The number of alkyl halides is 3. The van der Waals surface area contributed by atoms with Gasteiger partial charge < -0.3 is 5.32 Å². The van der Waals surface area contributed by atoms with Crippen LogP contribution < -0.4 is 5.32 Å². The van der Waals surface area contributed by atoms with Crippen LogP contribution in [0.1, 0.15) is 33.0 Å². The predicted octanol–water partition coefficient (Wildman–Crippen LogP) is 5.37. The zero-order valence-electron chi connectivity index (χ0n) is 13.7. The Morgan fingerprint density at radius 2 is 1.80 bits per heavy atom. The number of benzene rings is 2. The number of carbonyl (C=O) groups is 1. The zero-order valence-corrected chi connectivity index (χ0v) is 14.4. The molecule has 2 aromatic rings. The van der Waals surface area contributed by atoms with Gasteiger partial charge in [0, 0.05) is 17.6 Å². The lowest BCUT2D eigenvalue weighted by Crippen LogP contribution is -2.19. The Hall–Kier alpha value is -2.27. The lowest BCUT2D eigenvalue weighted by atomic mass is 9.95. The van der Waals surface area contributed by atoms with E-state index in [-0.39, 0.29) is 16.5 Å². The fraction of sp³-hybridized carbons (Fsp3) is 0.211. The van der Waals surface area contributed by atoms with Crippen LogP contribution in [0.25, 0.3) is 6.08 Å². The van der Waals surface area contributed by atoms with Gasteiger partial charge in [-0.1, -0.05) is 42.0 Å². The molecule has 1 N–H and O–H groups in total. The van der Waals surface area contributed by atoms with Gasteiger partial charge in [-0.05, 0) is 47.9 Å². The maximum absolute atomic E-state index is 13.4. The third-order valence-corrected chi connectivity index (χ3v) is 3.88. The maximum Gasteiger partial charge on any atom is 0.399 e. The van der Waals surface area contributed by atoms with Crippen LogP contribution in [-0.4, -0.2) is 19.1 Å². The van der Waals surface area contributed by atoms with Gasteiger partial charge >= 0.3 is 6.18 Å². The minimum atomic E-state index is -4.43. The second-order valence-corrected chi connectivity index (χ2v) is 6.08. The minimum Gasteiger partial charge on any atom is -0.355 e. The van der Waals surface area contributed by atoms with E-state index in [1.54, 1.807) is 37.3 Å². The number of hydrogen-bond acceptors (Lipinski definition) is 1. The van der Waals surface area contributed by atoms with Gasteiger partial charge in [-0.15, -0.1) is 0 Å². The van der Waals surface area contributed by atoms with Gasteiger partial charge in [0.2, 0.25) is 0 Å². The summed E-state index contributed by atoms with van der Waals surface area (Å²) in [5, 5.41) is 2.76. The number of amides is 1. The number of aryl methyl sites for hydroxylation is 1. The molecule has 0 saturated carbocycles. The predicted molar refractivity (Wildman–Crippen MR) is 93.9 cm³/mol. The molecule has 0 aromatic heterocycles. The van der Waals surface area contributed by atoms with Crippen LogP contribution in [0.5, 0.6) is 0 Å². The normalized spacial score (nSPS) is 13.0. The van der Waals surface area contributed by atoms with Crippen molar-refractivity contribution in [2.24, 2.45) is 0 Å². The van der Waals surface area contributed by atoms with E-state index in [1.165, 1.54) is 25.3 Å². The average molecular weight is 368 g/mol. The van der Waals surface area contributed by atoms with Crippen molar-refractivity contribution in [3.63, 3.8) is 0 Å². The molecule has 0 saturated heterocycles. The third-order valence-electron chi connectivity index (χ3n) is 3.66. The summed E-state index contributed by atoms with van der Waals surface area (Å²) in [7, 11) is 1.51. The van der Waals surface area contributed by atoms with Crippen molar-refractivity contribution in [1.29, 1.82) is 0 Å². The molecule has 1 amide bonds. The van der Waals surface area contributed by atoms with Crippen LogP contribution >= 0.6 is 11.6 Å². The molecule has 25 heavy (non-hydrogen) atoms. The van der Waals surface area contributed by atoms with Crippen molar-refractivity contribution in [2.75, 3.05) is 7.05 Å². The van der Waals surface area contributed by atoms with E-state index in [0.717, 1.165) is 6.08 Å². The summed E-state index contributed by atoms with van der Waals surface area (Å²) >= 11 is 5.89. The highest BCUT2D eigenvalue weighted by Gasteiger charge is 2.39. The van der Waals surface area contributed by atoms with Crippen LogP contribution in [0.2, 0.25) is 5.02 Å². The molecular formula is C19H17ClF3NO. The Morgan fingerprint density at radius 3 is 2.32 bits per heavy atom. The van der Waals surface area contributed by atoms with Crippen LogP contribution in [-0.2, 0) is 0 Å². The first-order valence-corrected chi connectivity index (χ1v) is 7.92. The van der Waals surface area contributed by atoms with Crippen molar-refractivity contribution in [3.05, 3.63) is 75.8 Å². The van der Waals surface area contributed by atoms with E-state index in [1.807, 2.05) is 0 Å². The molecule has 0 heterocycles. The summed E-state index contributed by atoms with van der Waals surface area (Å²) in [5.74, 6) is -2.01. The molecule has 0 spiro atoms. The first-order chi connectivity index (χ1) is 11.7. The monoisotopic (exact) mass is 367 g/mol. The Morgan fingerprint density at radius 1 is 1.16 bits per heavy atom. The molecule has 0 aliphatic rings. The first kappa shape index (κ1) is 19.1. The number of allylic oxidation sites excluding steroid dienone is 1. The van der Waals surface area contributed by atoms with Gasteiger partial charge in [-0.2, -0.15) is 13.2 Å². The molecule has 132 valence electrons. The lowest BCUT2D eigenvalue weighted by molar-refractivity contribution is -0.139. The number of halogens is 4. The highest BCUT2D eigenvalue weighted by atomic mass is 35.5. The van der Waals surface area contributed by atoms with E-state index >= 15 is 0 Å². The van der Waals surface area contributed by atoms with Gasteiger partial charge in [0.05, 0.1) is 5.92 Å². The van der Waals surface area contributed by atoms with Crippen molar-refractivity contribution in [1.82, 2.24) is 5.32 Å². The van der Waals surface area contributed by atoms with Crippen LogP contribution in [0.4, 0.5) is 13.2 Å². The largest absolute Gasteiger partial charge is 0.399 e. The summed E-state index contributed by atoms with van der Waals surface area (Å²) < 4.78 is 40.3. The zero-order chi connectivity index (χ0) is 18.6. The summed E-state index contributed by atoms with van der Waals surface area (Å²) in [6.45, 7) is 1.70. The standard InChI is InChI=1S/C19H17ClF3NO/c1-12-9-15(11-16(20)10-12)17(19(21,22)23)8-5-13-3-6-14(7-4-13)18(25)24-2/h3-11,17H,1-2H3,(H,24,25)/b8-5+. The van der Waals surface area contributed by atoms with E-state index in [4.69, 9.17) is 11.6 Å². The molecule has 1 atom stereocenters. The number of hydrogen-bond donors (Lipinski definition) is 1. The molecule has 2 nitrogen and oxygen atoms in total. The van der Waals surface area contributed by atoms with Gasteiger partial charge in [-0.3, -0.25) is 4.79 Å². The fourth-order valence-corrected chi connectivity index (χ4v) is 2.75. The molecule has 0 bridgehead atoms. The van der Waals surface area contributed by atoms with Gasteiger partial charge in [0.15, 0.2) is 0 Å². The second kappa shape index (κ2) is 7.74. The van der Waals surface area contributed by atoms with Gasteiger partial charge in [-0.25, -0.2) is 0 Å². The summed E-state index contributed by atoms with van der Waals surface area (Å²) in [6.07, 6.45) is -1.95. The Labute approximate surface area is 149 Å². The summed E-state index contributed by atoms with van der Waals surface area (Å²) in [6, 6.07) is 10.7. The molecule has 1 unspecified atom stereocenters. The molecule has 2 aromatic carbocycles. The minimum absolute atomic E-state index is 0.0933. The van der Waals surface area contributed by atoms with Crippen LogP contribution in [0.15, 0.2) is 48.5 Å². The summed E-state index contributed by atoms with van der Waals surface area (Å²) in [4.78, 5) is 11.5.